The van der Waals surface area contributed by atoms with E-state index in [9.17, 15) is 4.39 Å². The highest BCUT2D eigenvalue weighted by Crippen LogP contribution is 2.29. The number of nitrogens with two attached hydrogens (primary N) is 1. The van der Waals surface area contributed by atoms with Crippen molar-refractivity contribution in [1.29, 1.82) is 5.41 Å². The van der Waals surface area contributed by atoms with Crippen molar-refractivity contribution >= 4 is 5.84 Å². The number of rotatable bonds is 6. The van der Waals surface area contributed by atoms with Crippen LogP contribution in [0, 0.1) is 17.1 Å². The van der Waals surface area contributed by atoms with Gasteiger partial charge in [0, 0.05) is 24.7 Å². The second-order valence-electron chi connectivity index (χ2n) is 5.75. The largest absolute Gasteiger partial charge is 0.384 e. The maximum absolute atomic E-state index is 14.3. The molecular weight excluding hydrogens is 241 g/mol. The van der Waals surface area contributed by atoms with Crippen molar-refractivity contribution in [1.82, 2.24) is 4.90 Å². The number of hydrogen-bond acceptors (Lipinski definition) is 2. The Labute approximate surface area is 114 Å². The summed E-state index contributed by atoms with van der Waals surface area (Å²) in [7, 11) is 0. The minimum atomic E-state index is -0.343. The number of halogens is 1. The van der Waals surface area contributed by atoms with Gasteiger partial charge in [0.25, 0.3) is 0 Å². The lowest BCUT2D eigenvalue weighted by molar-refractivity contribution is 0.223. The topological polar surface area (TPSA) is 53.1 Å². The Morgan fingerprint density at radius 1 is 1.47 bits per heavy atom. The van der Waals surface area contributed by atoms with Gasteiger partial charge in [-0.1, -0.05) is 26.0 Å². The molecule has 0 bridgehead atoms. The predicted molar refractivity (Wildman–Crippen MR) is 75.7 cm³/mol. The summed E-state index contributed by atoms with van der Waals surface area (Å²) in [5, 5.41) is 7.39. The Kier molecular flexibility index (Phi) is 4.20. The van der Waals surface area contributed by atoms with Crippen molar-refractivity contribution in [2.45, 2.75) is 39.3 Å². The van der Waals surface area contributed by atoms with E-state index in [2.05, 4.69) is 18.7 Å². The summed E-state index contributed by atoms with van der Waals surface area (Å²) in [4.78, 5) is 2.34. The van der Waals surface area contributed by atoms with Crippen molar-refractivity contribution in [2.24, 2.45) is 11.7 Å². The molecule has 1 saturated carbocycles. The molecule has 2 rings (SSSR count). The highest BCUT2D eigenvalue weighted by Gasteiger charge is 2.29. The van der Waals surface area contributed by atoms with Crippen LogP contribution >= 0.6 is 0 Å². The number of nitrogens with one attached hydrogen (secondary N) is 1. The fourth-order valence-corrected chi connectivity index (χ4v) is 2.38. The van der Waals surface area contributed by atoms with Gasteiger partial charge in [-0.15, -0.1) is 0 Å². The zero-order chi connectivity index (χ0) is 14.0. The van der Waals surface area contributed by atoms with Gasteiger partial charge in [0.2, 0.25) is 0 Å². The van der Waals surface area contributed by atoms with E-state index in [1.807, 2.05) is 0 Å². The Morgan fingerprint density at radius 2 is 2.16 bits per heavy atom. The summed E-state index contributed by atoms with van der Waals surface area (Å²) < 4.78 is 14.3. The molecule has 0 aliphatic heterocycles. The number of nitrogen functional groups attached to an aromatic ring is 1. The normalized spacial score (nSPS) is 15.2. The third-order valence-corrected chi connectivity index (χ3v) is 3.41. The van der Waals surface area contributed by atoms with E-state index in [1.54, 1.807) is 18.2 Å². The first-order chi connectivity index (χ1) is 8.99. The van der Waals surface area contributed by atoms with Gasteiger partial charge in [-0.05, 0) is 24.8 Å². The van der Waals surface area contributed by atoms with Gasteiger partial charge in [0.15, 0.2) is 0 Å². The van der Waals surface area contributed by atoms with Crippen LogP contribution in [0.3, 0.4) is 0 Å². The molecule has 0 atom stereocenters. The summed E-state index contributed by atoms with van der Waals surface area (Å²) >= 11 is 0. The second kappa shape index (κ2) is 5.70. The number of nitrogens with zero attached hydrogens (tertiary/aromatic N) is 1. The van der Waals surface area contributed by atoms with Crippen molar-refractivity contribution < 1.29 is 4.39 Å². The van der Waals surface area contributed by atoms with Crippen molar-refractivity contribution in [3.8, 4) is 0 Å². The molecule has 3 N–H and O–H groups in total. The summed E-state index contributed by atoms with van der Waals surface area (Å²) in [5.74, 6) is 0.0187. The molecule has 104 valence electrons. The first kappa shape index (κ1) is 14.0. The molecule has 4 heteroatoms. The van der Waals surface area contributed by atoms with Crippen LogP contribution in [-0.4, -0.2) is 23.3 Å². The van der Waals surface area contributed by atoms with Gasteiger partial charge in [-0.3, -0.25) is 10.3 Å². The Bertz CT molecular complexity index is 466. The Balaban J connectivity index is 2.17. The molecule has 0 amide bonds. The average molecular weight is 263 g/mol. The molecule has 1 aliphatic carbocycles. The average Bonchev–Trinajstić information content (AvgIpc) is 3.13. The van der Waals surface area contributed by atoms with Gasteiger partial charge < -0.3 is 5.73 Å². The van der Waals surface area contributed by atoms with Crippen molar-refractivity contribution in [3.05, 3.63) is 35.1 Å². The van der Waals surface area contributed by atoms with Crippen LogP contribution in [0.5, 0.6) is 0 Å². The van der Waals surface area contributed by atoms with E-state index in [0.29, 0.717) is 24.1 Å². The first-order valence-electron chi connectivity index (χ1n) is 6.85. The van der Waals surface area contributed by atoms with E-state index in [0.717, 1.165) is 6.54 Å². The molecule has 0 aromatic heterocycles. The molecule has 0 unspecified atom stereocenters. The molecule has 1 aromatic carbocycles. The summed E-state index contributed by atoms with van der Waals surface area (Å²) in [6.07, 6.45) is 2.42. The monoisotopic (exact) mass is 263 g/mol. The van der Waals surface area contributed by atoms with Crippen LogP contribution in [-0.2, 0) is 6.54 Å². The lowest BCUT2D eigenvalue weighted by Gasteiger charge is -2.24. The third-order valence-electron chi connectivity index (χ3n) is 3.41. The zero-order valence-corrected chi connectivity index (χ0v) is 11.6. The first-order valence-corrected chi connectivity index (χ1v) is 6.85. The zero-order valence-electron chi connectivity index (χ0n) is 11.6. The van der Waals surface area contributed by atoms with Crippen LogP contribution in [0.2, 0.25) is 0 Å². The van der Waals surface area contributed by atoms with E-state index >= 15 is 0 Å². The third kappa shape index (κ3) is 3.53. The summed E-state index contributed by atoms with van der Waals surface area (Å²) in [6, 6.07) is 5.72. The maximum Gasteiger partial charge on any atom is 0.138 e. The molecule has 3 nitrogen and oxygen atoms in total. The van der Waals surface area contributed by atoms with Crippen LogP contribution in [0.25, 0.3) is 0 Å². The minimum absolute atomic E-state index is 0.206. The SMILES string of the molecule is CC(C)CN(Cc1cccc(C(=N)N)c1F)C1CC1. The van der Waals surface area contributed by atoms with Gasteiger partial charge in [-0.25, -0.2) is 4.39 Å². The lowest BCUT2D eigenvalue weighted by atomic mass is 10.1. The Hall–Kier alpha value is -1.42. The quantitative estimate of drug-likeness (QED) is 0.612. The molecule has 1 aromatic rings. The van der Waals surface area contributed by atoms with Gasteiger partial charge >= 0.3 is 0 Å². The Morgan fingerprint density at radius 3 is 2.68 bits per heavy atom. The van der Waals surface area contributed by atoms with Gasteiger partial charge in [0.1, 0.15) is 11.7 Å². The van der Waals surface area contributed by atoms with E-state index in [-0.39, 0.29) is 17.2 Å². The standard InChI is InChI=1S/C15H22FN3/c1-10(2)8-19(12-6-7-12)9-11-4-3-5-13(14(11)16)15(17)18/h3-5,10,12H,6-9H2,1-2H3,(H3,17,18). The molecule has 0 heterocycles. The van der Waals surface area contributed by atoms with E-state index < -0.39 is 0 Å². The smallest absolute Gasteiger partial charge is 0.138 e. The molecule has 1 fully saturated rings. The van der Waals surface area contributed by atoms with Gasteiger partial charge in [0.05, 0.1) is 5.56 Å². The molecule has 0 radical (unpaired) electrons. The lowest BCUT2D eigenvalue weighted by Crippen LogP contribution is -2.30. The summed E-state index contributed by atoms with van der Waals surface area (Å²) in [5.41, 5.74) is 6.24. The van der Waals surface area contributed by atoms with Crippen LogP contribution in [0.1, 0.15) is 37.8 Å². The molecule has 19 heavy (non-hydrogen) atoms. The van der Waals surface area contributed by atoms with Crippen LogP contribution in [0.15, 0.2) is 18.2 Å². The fraction of sp³-hybridized carbons (Fsp3) is 0.533. The summed E-state index contributed by atoms with van der Waals surface area (Å²) in [6.45, 7) is 5.94. The number of hydrogen-bond donors (Lipinski definition) is 2. The van der Waals surface area contributed by atoms with Crippen LogP contribution < -0.4 is 5.73 Å². The van der Waals surface area contributed by atoms with Crippen LogP contribution in [0.4, 0.5) is 4.39 Å². The van der Waals surface area contributed by atoms with Gasteiger partial charge in [-0.2, -0.15) is 0 Å². The maximum atomic E-state index is 14.3. The highest BCUT2D eigenvalue weighted by atomic mass is 19.1. The molecule has 0 spiro atoms. The highest BCUT2D eigenvalue weighted by molar-refractivity contribution is 5.95. The van der Waals surface area contributed by atoms with E-state index in [4.69, 9.17) is 11.1 Å². The number of amidine groups is 1. The predicted octanol–water partition coefficient (Wildman–Crippen LogP) is 2.73. The molecule has 0 saturated heterocycles. The van der Waals surface area contributed by atoms with E-state index in [1.165, 1.54) is 12.8 Å². The number of benzene rings is 1. The van der Waals surface area contributed by atoms with Crippen molar-refractivity contribution in [2.75, 3.05) is 6.54 Å². The fourth-order valence-electron chi connectivity index (χ4n) is 2.38. The van der Waals surface area contributed by atoms with Crippen molar-refractivity contribution in [3.63, 3.8) is 0 Å². The second-order valence-corrected chi connectivity index (χ2v) is 5.75. The molecule has 1 aliphatic rings. The molecular formula is C15H22FN3. The minimum Gasteiger partial charge on any atom is -0.384 e.